The lowest BCUT2D eigenvalue weighted by Gasteiger charge is -2.21. The summed E-state index contributed by atoms with van der Waals surface area (Å²) in [4.78, 5) is 12.5. The highest BCUT2D eigenvalue weighted by molar-refractivity contribution is 6.01. The second-order valence-corrected chi connectivity index (χ2v) is 6.43. The lowest BCUT2D eigenvalue weighted by molar-refractivity contribution is 0.0920. The van der Waals surface area contributed by atoms with Crippen molar-refractivity contribution in [3.05, 3.63) is 41.1 Å². The number of hydrogen-bond acceptors (Lipinski definition) is 2. The SMILES string of the molecule is Cc1c(-c2ccccc2C(=O)NC(C)(C)C)nn(C)c1C. The third-order valence-electron chi connectivity index (χ3n) is 3.55. The van der Waals surface area contributed by atoms with Crippen molar-refractivity contribution in [2.24, 2.45) is 7.05 Å². The van der Waals surface area contributed by atoms with Gasteiger partial charge in [-0.2, -0.15) is 5.10 Å². The van der Waals surface area contributed by atoms with E-state index in [0.717, 1.165) is 22.5 Å². The molecule has 0 spiro atoms. The fourth-order valence-electron chi connectivity index (χ4n) is 2.27. The molecule has 0 atom stereocenters. The quantitative estimate of drug-likeness (QED) is 0.921. The van der Waals surface area contributed by atoms with E-state index in [9.17, 15) is 4.79 Å². The molecule has 112 valence electrons. The predicted molar refractivity (Wildman–Crippen MR) is 85.3 cm³/mol. The molecule has 1 amide bonds. The maximum absolute atomic E-state index is 12.5. The van der Waals surface area contributed by atoms with Gasteiger partial charge in [-0.25, -0.2) is 0 Å². The maximum Gasteiger partial charge on any atom is 0.252 e. The molecule has 1 N–H and O–H groups in total. The van der Waals surface area contributed by atoms with Crippen LogP contribution in [0.2, 0.25) is 0 Å². The Balaban J connectivity index is 2.51. The molecule has 0 fully saturated rings. The van der Waals surface area contributed by atoms with E-state index in [4.69, 9.17) is 0 Å². The smallest absolute Gasteiger partial charge is 0.252 e. The van der Waals surface area contributed by atoms with Crippen molar-refractivity contribution in [1.82, 2.24) is 15.1 Å². The van der Waals surface area contributed by atoms with E-state index < -0.39 is 0 Å². The molecular weight excluding hydrogens is 262 g/mol. The van der Waals surface area contributed by atoms with Crippen molar-refractivity contribution in [1.29, 1.82) is 0 Å². The van der Waals surface area contributed by atoms with E-state index in [2.05, 4.69) is 10.4 Å². The Morgan fingerprint density at radius 2 is 1.81 bits per heavy atom. The number of aromatic nitrogens is 2. The lowest BCUT2D eigenvalue weighted by atomic mass is 9.99. The highest BCUT2D eigenvalue weighted by Crippen LogP contribution is 2.27. The molecule has 0 aliphatic rings. The fourth-order valence-corrected chi connectivity index (χ4v) is 2.27. The molecule has 2 rings (SSSR count). The van der Waals surface area contributed by atoms with E-state index in [1.54, 1.807) is 0 Å². The summed E-state index contributed by atoms with van der Waals surface area (Å²) in [7, 11) is 1.92. The number of carbonyl (C=O) groups is 1. The van der Waals surface area contributed by atoms with Crippen LogP contribution < -0.4 is 5.32 Å². The van der Waals surface area contributed by atoms with Crippen molar-refractivity contribution >= 4 is 5.91 Å². The van der Waals surface area contributed by atoms with Gasteiger partial charge in [0.05, 0.1) is 5.69 Å². The van der Waals surface area contributed by atoms with Gasteiger partial charge in [0.15, 0.2) is 0 Å². The van der Waals surface area contributed by atoms with Gasteiger partial charge in [0.2, 0.25) is 0 Å². The Hall–Kier alpha value is -2.10. The fraction of sp³-hybridized carbons (Fsp3) is 0.412. The van der Waals surface area contributed by atoms with E-state index >= 15 is 0 Å². The molecule has 0 bridgehead atoms. The monoisotopic (exact) mass is 285 g/mol. The Morgan fingerprint density at radius 1 is 1.19 bits per heavy atom. The summed E-state index contributed by atoms with van der Waals surface area (Å²) in [6.45, 7) is 10.00. The highest BCUT2D eigenvalue weighted by atomic mass is 16.1. The minimum Gasteiger partial charge on any atom is -0.347 e. The second kappa shape index (κ2) is 5.35. The maximum atomic E-state index is 12.5. The van der Waals surface area contributed by atoms with Crippen LogP contribution in [0.3, 0.4) is 0 Å². The van der Waals surface area contributed by atoms with Crippen LogP contribution in [0.4, 0.5) is 0 Å². The van der Waals surface area contributed by atoms with Crippen molar-refractivity contribution < 1.29 is 4.79 Å². The van der Waals surface area contributed by atoms with Crippen LogP contribution in [0.25, 0.3) is 11.3 Å². The Labute approximate surface area is 126 Å². The van der Waals surface area contributed by atoms with Gasteiger partial charge in [0.1, 0.15) is 0 Å². The van der Waals surface area contributed by atoms with Crippen LogP contribution in [0, 0.1) is 13.8 Å². The number of aryl methyl sites for hydroxylation is 1. The molecular formula is C17H23N3O. The van der Waals surface area contributed by atoms with Crippen molar-refractivity contribution in [2.45, 2.75) is 40.2 Å². The van der Waals surface area contributed by atoms with Crippen molar-refractivity contribution in [2.75, 3.05) is 0 Å². The molecule has 0 saturated carbocycles. The first-order valence-electron chi connectivity index (χ1n) is 7.13. The van der Waals surface area contributed by atoms with Crippen LogP contribution in [-0.2, 0) is 7.05 Å². The minimum atomic E-state index is -0.265. The molecule has 4 nitrogen and oxygen atoms in total. The van der Waals surface area contributed by atoms with E-state index in [1.807, 2.05) is 70.6 Å². The number of hydrogen-bond donors (Lipinski definition) is 1. The number of rotatable bonds is 2. The summed E-state index contributed by atoms with van der Waals surface area (Å²) in [6.07, 6.45) is 0. The van der Waals surface area contributed by atoms with Gasteiger partial charge in [-0.15, -0.1) is 0 Å². The van der Waals surface area contributed by atoms with Crippen LogP contribution in [0.5, 0.6) is 0 Å². The zero-order valence-corrected chi connectivity index (χ0v) is 13.6. The van der Waals surface area contributed by atoms with Crippen molar-refractivity contribution in [3.63, 3.8) is 0 Å². The van der Waals surface area contributed by atoms with Gasteiger partial charge >= 0.3 is 0 Å². The average molecular weight is 285 g/mol. The lowest BCUT2D eigenvalue weighted by Crippen LogP contribution is -2.40. The summed E-state index contributed by atoms with van der Waals surface area (Å²) >= 11 is 0. The molecule has 0 aliphatic heterocycles. The second-order valence-electron chi connectivity index (χ2n) is 6.43. The number of nitrogens with zero attached hydrogens (tertiary/aromatic N) is 2. The molecule has 4 heteroatoms. The molecule has 0 radical (unpaired) electrons. The van der Waals surface area contributed by atoms with Crippen LogP contribution >= 0.6 is 0 Å². The summed E-state index contributed by atoms with van der Waals surface area (Å²) in [5, 5.41) is 7.57. The van der Waals surface area contributed by atoms with Crippen LogP contribution in [0.1, 0.15) is 42.4 Å². The first-order valence-corrected chi connectivity index (χ1v) is 7.13. The summed E-state index contributed by atoms with van der Waals surface area (Å²) < 4.78 is 1.85. The van der Waals surface area contributed by atoms with Gasteiger partial charge in [-0.1, -0.05) is 18.2 Å². The number of carbonyl (C=O) groups excluding carboxylic acids is 1. The Kier molecular flexibility index (Phi) is 3.90. The van der Waals surface area contributed by atoms with Gasteiger partial charge in [-0.05, 0) is 46.2 Å². The van der Waals surface area contributed by atoms with Gasteiger partial charge in [0, 0.05) is 29.4 Å². The summed E-state index contributed by atoms with van der Waals surface area (Å²) in [5.74, 6) is -0.0687. The highest BCUT2D eigenvalue weighted by Gasteiger charge is 2.21. The van der Waals surface area contributed by atoms with E-state index in [1.165, 1.54) is 0 Å². The van der Waals surface area contributed by atoms with Crippen LogP contribution in [-0.4, -0.2) is 21.2 Å². The van der Waals surface area contributed by atoms with Gasteiger partial charge in [-0.3, -0.25) is 9.48 Å². The zero-order chi connectivity index (χ0) is 15.8. The molecule has 0 aliphatic carbocycles. The molecule has 21 heavy (non-hydrogen) atoms. The van der Waals surface area contributed by atoms with E-state index in [-0.39, 0.29) is 11.4 Å². The zero-order valence-electron chi connectivity index (χ0n) is 13.6. The number of amides is 1. The molecule has 1 aromatic carbocycles. The minimum absolute atomic E-state index is 0.0687. The first kappa shape index (κ1) is 15.3. The molecule has 0 unspecified atom stereocenters. The van der Waals surface area contributed by atoms with Gasteiger partial charge < -0.3 is 5.32 Å². The largest absolute Gasteiger partial charge is 0.347 e. The first-order chi connectivity index (χ1) is 9.70. The third-order valence-corrected chi connectivity index (χ3v) is 3.55. The Bertz CT molecular complexity index is 678. The summed E-state index contributed by atoms with van der Waals surface area (Å²) in [5.41, 5.74) is 4.35. The standard InChI is InChI=1S/C17H23N3O/c1-11-12(2)20(6)19-15(11)13-9-7-8-10-14(13)16(21)18-17(3,4)5/h7-10H,1-6H3,(H,18,21). The average Bonchev–Trinajstić information content (AvgIpc) is 2.64. The van der Waals surface area contributed by atoms with Crippen molar-refractivity contribution in [3.8, 4) is 11.3 Å². The summed E-state index contributed by atoms with van der Waals surface area (Å²) in [6, 6.07) is 7.62. The van der Waals surface area contributed by atoms with E-state index in [0.29, 0.717) is 5.56 Å². The number of benzene rings is 1. The Morgan fingerprint density at radius 3 is 2.33 bits per heavy atom. The molecule has 0 saturated heterocycles. The topological polar surface area (TPSA) is 46.9 Å². The van der Waals surface area contributed by atoms with Gasteiger partial charge in [0.25, 0.3) is 5.91 Å². The molecule has 2 aromatic rings. The normalized spacial score (nSPS) is 11.5. The molecule has 1 heterocycles. The van der Waals surface area contributed by atoms with Crippen LogP contribution in [0.15, 0.2) is 24.3 Å². The predicted octanol–water partition coefficient (Wildman–Crippen LogP) is 3.23. The third kappa shape index (κ3) is 3.15. The molecule has 1 aromatic heterocycles. The number of nitrogens with one attached hydrogen (secondary N) is 1.